The van der Waals surface area contributed by atoms with Gasteiger partial charge in [-0.05, 0) is 60.7 Å². The Morgan fingerprint density at radius 3 is 2.57 bits per heavy atom. The van der Waals surface area contributed by atoms with Gasteiger partial charge in [0.25, 0.3) is 0 Å². The van der Waals surface area contributed by atoms with Gasteiger partial charge < -0.3 is 10.6 Å². The topological polar surface area (TPSA) is 62.7 Å². The second-order valence-electron chi connectivity index (χ2n) is 5.59. The Balaban J connectivity index is 1.52. The molecule has 2 N–H and O–H groups in total. The summed E-state index contributed by atoms with van der Waals surface area (Å²) in [5.41, 5.74) is 4.89. The Morgan fingerprint density at radius 2 is 1.65 bits per heavy atom. The first-order valence-corrected chi connectivity index (χ1v) is 7.76. The average Bonchev–Trinajstić information content (AvgIpc) is 3.04. The van der Waals surface area contributed by atoms with Gasteiger partial charge in [-0.1, -0.05) is 6.07 Å². The largest absolute Gasteiger partial charge is 0.340 e. The highest BCUT2D eigenvalue weighted by atomic mass is 15.1. The molecule has 1 aromatic carbocycles. The summed E-state index contributed by atoms with van der Waals surface area (Å²) in [5.74, 6) is 1.33. The minimum atomic E-state index is 0.558. The van der Waals surface area contributed by atoms with Crippen molar-refractivity contribution in [3.05, 3.63) is 66.1 Å². The van der Waals surface area contributed by atoms with Gasteiger partial charge in [-0.15, -0.1) is 0 Å². The van der Waals surface area contributed by atoms with E-state index < -0.39 is 0 Å². The Kier molecular flexibility index (Phi) is 3.60. The third-order valence-corrected chi connectivity index (χ3v) is 3.96. The van der Waals surface area contributed by atoms with Crippen LogP contribution in [-0.4, -0.2) is 15.0 Å². The average molecular weight is 303 g/mol. The van der Waals surface area contributed by atoms with Crippen molar-refractivity contribution in [3.8, 4) is 0 Å². The van der Waals surface area contributed by atoms with Crippen molar-refractivity contribution in [2.45, 2.75) is 19.3 Å². The second-order valence-corrected chi connectivity index (χ2v) is 5.59. The molecule has 0 saturated carbocycles. The van der Waals surface area contributed by atoms with Crippen LogP contribution >= 0.6 is 0 Å². The molecule has 1 aliphatic rings. The highest BCUT2D eigenvalue weighted by Crippen LogP contribution is 2.26. The van der Waals surface area contributed by atoms with Crippen LogP contribution in [0.1, 0.15) is 17.5 Å². The molecule has 4 rings (SSSR count). The lowest BCUT2D eigenvalue weighted by Crippen LogP contribution is -2.00. The van der Waals surface area contributed by atoms with Gasteiger partial charge in [0.1, 0.15) is 5.82 Å². The summed E-state index contributed by atoms with van der Waals surface area (Å²) in [6, 6.07) is 12.2. The SMILES string of the molecule is c1cc(Nc2nccc(Nc3ccc4c(c3)CCC4)n2)ccn1. The van der Waals surface area contributed by atoms with Gasteiger partial charge >= 0.3 is 0 Å². The summed E-state index contributed by atoms with van der Waals surface area (Å²) in [5, 5.41) is 6.53. The number of aromatic nitrogens is 3. The predicted molar refractivity (Wildman–Crippen MR) is 91.3 cm³/mol. The lowest BCUT2D eigenvalue weighted by atomic mass is 10.1. The number of fused-ring (bicyclic) bond motifs is 1. The second kappa shape index (κ2) is 6.04. The molecule has 5 nitrogen and oxygen atoms in total. The van der Waals surface area contributed by atoms with Crippen LogP contribution in [0.4, 0.5) is 23.1 Å². The van der Waals surface area contributed by atoms with E-state index >= 15 is 0 Å². The summed E-state index contributed by atoms with van der Waals surface area (Å²) >= 11 is 0. The van der Waals surface area contributed by atoms with Crippen LogP contribution in [-0.2, 0) is 12.8 Å². The molecule has 2 heterocycles. The van der Waals surface area contributed by atoms with Gasteiger partial charge in [0.15, 0.2) is 0 Å². The summed E-state index contributed by atoms with van der Waals surface area (Å²) in [6.45, 7) is 0. The fourth-order valence-corrected chi connectivity index (χ4v) is 2.85. The lowest BCUT2D eigenvalue weighted by Gasteiger charge is -2.09. The predicted octanol–water partition coefficient (Wildman–Crippen LogP) is 3.85. The van der Waals surface area contributed by atoms with Crippen molar-refractivity contribution in [3.63, 3.8) is 0 Å². The molecule has 2 aromatic heterocycles. The van der Waals surface area contributed by atoms with E-state index in [1.165, 1.54) is 30.4 Å². The van der Waals surface area contributed by atoms with Crippen molar-refractivity contribution >= 4 is 23.1 Å². The Hall–Kier alpha value is -2.95. The molecule has 0 unspecified atom stereocenters. The highest BCUT2D eigenvalue weighted by Gasteiger charge is 2.11. The maximum absolute atomic E-state index is 4.50. The molecular weight excluding hydrogens is 286 g/mol. The Labute approximate surface area is 134 Å². The number of anilines is 4. The minimum Gasteiger partial charge on any atom is -0.340 e. The van der Waals surface area contributed by atoms with Crippen molar-refractivity contribution in [1.82, 2.24) is 15.0 Å². The number of nitrogens with zero attached hydrogens (tertiary/aromatic N) is 3. The lowest BCUT2D eigenvalue weighted by molar-refractivity contribution is 0.912. The van der Waals surface area contributed by atoms with Crippen molar-refractivity contribution < 1.29 is 0 Å². The fourth-order valence-electron chi connectivity index (χ4n) is 2.85. The van der Waals surface area contributed by atoms with Gasteiger partial charge in [-0.25, -0.2) is 4.98 Å². The van der Waals surface area contributed by atoms with E-state index in [-0.39, 0.29) is 0 Å². The van der Waals surface area contributed by atoms with Crippen molar-refractivity contribution in [1.29, 1.82) is 0 Å². The molecule has 114 valence electrons. The van der Waals surface area contributed by atoms with Crippen molar-refractivity contribution in [2.24, 2.45) is 0 Å². The van der Waals surface area contributed by atoms with Gasteiger partial charge in [0.2, 0.25) is 5.95 Å². The Bertz CT molecular complexity index is 817. The maximum Gasteiger partial charge on any atom is 0.229 e. The summed E-state index contributed by atoms with van der Waals surface area (Å²) in [6.07, 6.45) is 8.83. The van der Waals surface area contributed by atoms with Gasteiger partial charge in [0.05, 0.1) is 0 Å². The number of pyridine rings is 1. The summed E-state index contributed by atoms with van der Waals surface area (Å²) in [7, 11) is 0. The molecule has 0 bridgehead atoms. The van der Waals surface area contributed by atoms with E-state index in [0.29, 0.717) is 5.95 Å². The number of hydrogen-bond acceptors (Lipinski definition) is 5. The number of rotatable bonds is 4. The number of hydrogen-bond donors (Lipinski definition) is 2. The molecule has 0 radical (unpaired) electrons. The molecule has 1 aliphatic carbocycles. The molecule has 0 amide bonds. The monoisotopic (exact) mass is 303 g/mol. The highest BCUT2D eigenvalue weighted by molar-refractivity contribution is 5.60. The molecule has 5 heteroatoms. The summed E-state index contributed by atoms with van der Waals surface area (Å²) in [4.78, 5) is 12.8. The fraction of sp³-hybridized carbons (Fsp3) is 0.167. The molecule has 0 fully saturated rings. The van der Waals surface area contributed by atoms with E-state index in [1.54, 1.807) is 18.6 Å². The molecular formula is C18H17N5. The first-order valence-electron chi connectivity index (χ1n) is 7.76. The van der Waals surface area contributed by atoms with Gasteiger partial charge in [-0.2, -0.15) is 4.98 Å². The molecule has 0 spiro atoms. The molecule has 3 aromatic rings. The first-order chi connectivity index (χ1) is 11.4. The van der Waals surface area contributed by atoms with E-state index in [1.807, 2.05) is 18.2 Å². The number of aryl methyl sites for hydroxylation is 2. The van der Waals surface area contributed by atoms with E-state index in [9.17, 15) is 0 Å². The van der Waals surface area contributed by atoms with E-state index in [0.717, 1.165) is 17.2 Å². The third kappa shape index (κ3) is 3.13. The zero-order valence-electron chi connectivity index (χ0n) is 12.7. The number of benzene rings is 1. The zero-order valence-corrected chi connectivity index (χ0v) is 12.7. The quantitative estimate of drug-likeness (QED) is 0.766. The van der Waals surface area contributed by atoms with Crippen LogP contribution in [0.2, 0.25) is 0 Å². The molecule has 0 atom stereocenters. The normalized spacial score (nSPS) is 12.7. The first kappa shape index (κ1) is 13.7. The molecule has 0 aliphatic heterocycles. The van der Waals surface area contributed by atoms with Gasteiger partial charge in [0, 0.05) is 30.0 Å². The van der Waals surface area contributed by atoms with E-state index in [2.05, 4.69) is 43.8 Å². The zero-order chi connectivity index (χ0) is 15.5. The maximum atomic E-state index is 4.50. The van der Waals surface area contributed by atoms with Crippen LogP contribution in [0.5, 0.6) is 0 Å². The smallest absolute Gasteiger partial charge is 0.229 e. The van der Waals surface area contributed by atoms with Gasteiger partial charge in [-0.3, -0.25) is 4.98 Å². The molecule has 0 saturated heterocycles. The standard InChI is InChI=1S/C18H17N5/c1-2-13-4-5-16(12-14(13)3-1)21-17-8-11-20-18(23-17)22-15-6-9-19-10-7-15/h4-12H,1-3H2,(H2,19,20,21,22,23). The molecule has 23 heavy (non-hydrogen) atoms. The van der Waals surface area contributed by atoms with Crippen LogP contribution in [0.25, 0.3) is 0 Å². The van der Waals surface area contributed by atoms with Crippen LogP contribution < -0.4 is 10.6 Å². The minimum absolute atomic E-state index is 0.558. The van der Waals surface area contributed by atoms with E-state index in [4.69, 9.17) is 0 Å². The van der Waals surface area contributed by atoms with Crippen LogP contribution in [0.15, 0.2) is 55.0 Å². The van der Waals surface area contributed by atoms with Crippen LogP contribution in [0, 0.1) is 0 Å². The number of nitrogens with one attached hydrogen (secondary N) is 2. The third-order valence-electron chi connectivity index (χ3n) is 3.96. The van der Waals surface area contributed by atoms with Crippen molar-refractivity contribution in [2.75, 3.05) is 10.6 Å². The van der Waals surface area contributed by atoms with Crippen LogP contribution in [0.3, 0.4) is 0 Å². The Morgan fingerprint density at radius 1 is 0.783 bits per heavy atom. The summed E-state index contributed by atoms with van der Waals surface area (Å²) < 4.78 is 0.